The fourth-order valence-electron chi connectivity index (χ4n) is 11.1. The molecule has 0 aromatic heterocycles. The lowest BCUT2D eigenvalue weighted by Gasteiger charge is -2.58. The number of esters is 1. The summed E-state index contributed by atoms with van der Waals surface area (Å²) in [6.07, 6.45) is 7.88. The number of ketones is 1. The predicted molar refractivity (Wildman–Crippen MR) is 128 cm³/mol. The van der Waals surface area contributed by atoms with Crippen molar-refractivity contribution < 1.29 is 24.5 Å². The van der Waals surface area contributed by atoms with E-state index in [4.69, 9.17) is 4.74 Å². The van der Waals surface area contributed by atoms with Crippen LogP contribution in [-0.2, 0) is 14.3 Å². The van der Waals surface area contributed by atoms with Crippen molar-refractivity contribution in [1.29, 1.82) is 0 Å². The van der Waals surface area contributed by atoms with E-state index in [2.05, 4.69) is 20.8 Å². The molecule has 0 unspecified atom stereocenters. The van der Waals surface area contributed by atoms with Gasteiger partial charge in [0, 0.05) is 11.8 Å². The van der Waals surface area contributed by atoms with E-state index in [-0.39, 0.29) is 40.0 Å². The molecule has 2 N–H and O–H groups in total. The van der Waals surface area contributed by atoms with Gasteiger partial charge in [0.1, 0.15) is 11.9 Å². The maximum Gasteiger partial charge on any atom is 0.313 e. The highest BCUT2D eigenvalue weighted by Gasteiger charge is 2.83. The van der Waals surface area contributed by atoms with Crippen molar-refractivity contribution in [2.24, 2.45) is 51.2 Å². The molecular weight excluding hydrogens is 428 g/mol. The van der Waals surface area contributed by atoms with E-state index in [0.717, 1.165) is 44.9 Å². The Morgan fingerprint density at radius 1 is 0.971 bits per heavy atom. The van der Waals surface area contributed by atoms with E-state index < -0.39 is 23.2 Å². The molecule has 10 atom stereocenters. The van der Waals surface area contributed by atoms with Crippen LogP contribution in [0.5, 0.6) is 0 Å². The average Bonchev–Trinajstić information content (AvgIpc) is 3.29. The van der Waals surface area contributed by atoms with E-state index in [1.807, 2.05) is 0 Å². The number of carbonyl (C=O) groups excluding carboxylic acids is 2. The molecule has 0 aromatic carbocycles. The average molecular weight is 473 g/mol. The molecule has 5 nitrogen and oxygen atoms in total. The van der Waals surface area contributed by atoms with Crippen LogP contribution in [0.1, 0.15) is 98.8 Å². The Hall–Kier alpha value is -0.940. The van der Waals surface area contributed by atoms with Crippen LogP contribution in [-0.4, -0.2) is 39.8 Å². The van der Waals surface area contributed by atoms with E-state index >= 15 is 0 Å². The summed E-state index contributed by atoms with van der Waals surface area (Å²) in [6, 6.07) is 0. The first kappa shape index (κ1) is 23.5. The molecule has 0 radical (unpaired) electrons. The van der Waals surface area contributed by atoms with Gasteiger partial charge < -0.3 is 14.9 Å². The molecule has 5 aliphatic carbocycles. The van der Waals surface area contributed by atoms with Gasteiger partial charge in [-0.1, -0.05) is 20.8 Å². The minimum Gasteiger partial charge on any atom is -0.459 e. The van der Waals surface area contributed by atoms with Gasteiger partial charge in [0.2, 0.25) is 0 Å². The van der Waals surface area contributed by atoms with Crippen molar-refractivity contribution in [2.75, 3.05) is 0 Å². The predicted octanol–water partition coefficient (Wildman–Crippen LogP) is 4.67. The summed E-state index contributed by atoms with van der Waals surface area (Å²) >= 11 is 0. The third-order valence-corrected chi connectivity index (χ3v) is 12.6. The second-order valence-electron chi connectivity index (χ2n) is 14.5. The van der Waals surface area contributed by atoms with Gasteiger partial charge in [-0.15, -0.1) is 0 Å². The third kappa shape index (κ3) is 2.64. The van der Waals surface area contributed by atoms with Crippen molar-refractivity contribution in [3.05, 3.63) is 0 Å². The molecule has 34 heavy (non-hydrogen) atoms. The number of cyclic esters (lactones) is 1. The summed E-state index contributed by atoms with van der Waals surface area (Å²) in [4.78, 5) is 27.2. The monoisotopic (exact) mass is 472 g/mol. The highest BCUT2D eigenvalue weighted by atomic mass is 16.6. The lowest BCUT2D eigenvalue weighted by molar-refractivity contribution is -0.194. The zero-order valence-corrected chi connectivity index (χ0v) is 21.7. The Bertz CT molecular complexity index is 918. The Morgan fingerprint density at radius 3 is 2.35 bits per heavy atom. The molecule has 1 heterocycles. The van der Waals surface area contributed by atoms with Crippen molar-refractivity contribution in [3.63, 3.8) is 0 Å². The number of rotatable bonds is 1. The topological polar surface area (TPSA) is 83.8 Å². The highest BCUT2D eigenvalue weighted by molar-refractivity contribution is 5.86. The summed E-state index contributed by atoms with van der Waals surface area (Å²) in [5.41, 5.74) is -1.72. The minimum atomic E-state index is -1.08. The van der Waals surface area contributed by atoms with Crippen LogP contribution in [0.2, 0.25) is 0 Å². The van der Waals surface area contributed by atoms with Crippen LogP contribution in [0.3, 0.4) is 0 Å². The van der Waals surface area contributed by atoms with Gasteiger partial charge in [0.15, 0.2) is 0 Å². The van der Waals surface area contributed by atoms with Crippen molar-refractivity contribution in [2.45, 2.75) is 117 Å². The molecule has 5 saturated carbocycles. The number of Topliss-reactive ketones (excluding diaryl/α,β-unsaturated/α-hetero) is 1. The molecule has 0 aromatic rings. The number of hydrogen-bond acceptors (Lipinski definition) is 5. The van der Waals surface area contributed by atoms with Gasteiger partial charge in [-0.05, 0) is 112 Å². The minimum absolute atomic E-state index is 0.111. The number of carbonyl (C=O) groups is 2. The van der Waals surface area contributed by atoms with E-state index in [1.54, 1.807) is 13.8 Å². The molecule has 190 valence electrons. The molecule has 6 rings (SSSR count). The van der Waals surface area contributed by atoms with Crippen molar-refractivity contribution >= 4 is 11.8 Å². The Morgan fingerprint density at radius 2 is 1.65 bits per heavy atom. The summed E-state index contributed by atoms with van der Waals surface area (Å²) < 4.78 is 6.27. The van der Waals surface area contributed by atoms with Crippen molar-refractivity contribution in [3.8, 4) is 0 Å². The SMILES string of the molecule is C[C@@H]1CC[C@H](C(C)(C)O)OC(=O)[C@@]23C[C@@H](O)[C@H]1[C@H]2CC[C@@]12C[C@@]14CCC(=O)C(C)(C)[C@@H]4CC[C@@H]32. The zero-order chi connectivity index (χ0) is 24.5. The fourth-order valence-corrected chi connectivity index (χ4v) is 11.1. The van der Waals surface area contributed by atoms with E-state index in [0.29, 0.717) is 36.9 Å². The first-order chi connectivity index (χ1) is 15.8. The largest absolute Gasteiger partial charge is 0.459 e. The summed E-state index contributed by atoms with van der Waals surface area (Å²) in [5.74, 6) is 1.48. The lowest BCUT2D eigenvalue weighted by Crippen LogP contribution is -2.58. The first-order valence-corrected chi connectivity index (χ1v) is 14.0. The molecule has 1 saturated heterocycles. The van der Waals surface area contributed by atoms with Crippen LogP contribution in [0.25, 0.3) is 0 Å². The van der Waals surface area contributed by atoms with Gasteiger partial charge in [0.25, 0.3) is 0 Å². The van der Waals surface area contributed by atoms with Crippen LogP contribution in [0.15, 0.2) is 0 Å². The maximum absolute atomic E-state index is 14.3. The first-order valence-electron chi connectivity index (χ1n) is 14.0. The molecule has 6 fully saturated rings. The lowest BCUT2D eigenvalue weighted by atomic mass is 9.45. The van der Waals surface area contributed by atoms with Gasteiger partial charge >= 0.3 is 5.97 Å². The smallest absolute Gasteiger partial charge is 0.313 e. The number of ether oxygens (including phenoxy) is 1. The van der Waals surface area contributed by atoms with E-state index in [9.17, 15) is 19.8 Å². The molecule has 0 amide bonds. The Balaban J connectivity index is 1.44. The summed E-state index contributed by atoms with van der Waals surface area (Å²) in [7, 11) is 0. The van der Waals surface area contributed by atoms with E-state index in [1.165, 1.54) is 0 Å². The second kappa shape index (κ2) is 6.88. The molecule has 2 spiro atoms. The summed E-state index contributed by atoms with van der Waals surface area (Å²) in [5, 5.41) is 22.3. The van der Waals surface area contributed by atoms with Gasteiger partial charge in [-0.3, -0.25) is 9.59 Å². The quantitative estimate of drug-likeness (QED) is 0.542. The normalized spacial score (nSPS) is 53.8. The summed E-state index contributed by atoms with van der Waals surface area (Å²) in [6.45, 7) is 10.1. The molecular formula is C29H44O5. The molecule has 2 bridgehead atoms. The molecule has 1 aliphatic heterocycles. The van der Waals surface area contributed by atoms with Crippen molar-refractivity contribution in [1.82, 2.24) is 0 Å². The highest BCUT2D eigenvalue weighted by Crippen LogP contribution is 2.87. The van der Waals surface area contributed by atoms with Gasteiger partial charge in [0.05, 0.1) is 17.1 Å². The number of aliphatic hydroxyl groups excluding tert-OH is 1. The second-order valence-corrected chi connectivity index (χ2v) is 14.5. The third-order valence-electron chi connectivity index (χ3n) is 12.6. The molecule has 6 aliphatic rings. The Kier molecular flexibility index (Phi) is 4.75. The van der Waals surface area contributed by atoms with Crippen LogP contribution in [0, 0.1) is 51.2 Å². The fraction of sp³-hybridized carbons (Fsp3) is 0.931. The number of hydrogen-bond donors (Lipinski definition) is 2. The Labute approximate surface area is 204 Å². The standard InChI is InChI=1S/C29H44O5/c1-16-6-9-22(26(4,5)33)34-24(32)29-14-18(30)23(16)17(29)10-12-28-15-27(28)13-11-21(31)25(2,3)19(27)7-8-20(28)29/h16-20,22-23,30,33H,6-15H2,1-5H3/t16-,17-,18-,19+,20-,22-,23-,27-,28+,29+/m1/s1. The number of aliphatic hydroxyl groups is 2. The van der Waals surface area contributed by atoms with Gasteiger partial charge in [-0.2, -0.15) is 0 Å². The molecule has 5 heteroatoms. The van der Waals surface area contributed by atoms with Gasteiger partial charge in [-0.25, -0.2) is 0 Å². The zero-order valence-electron chi connectivity index (χ0n) is 21.7. The van der Waals surface area contributed by atoms with Crippen LogP contribution < -0.4 is 0 Å². The maximum atomic E-state index is 14.3. The van der Waals surface area contributed by atoms with Crippen LogP contribution >= 0.6 is 0 Å². The van der Waals surface area contributed by atoms with Crippen LogP contribution in [0.4, 0.5) is 0 Å².